The Morgan fingerprint density at radius 3 is 2.44 bits per heavy atom. The lowest BCUT2D eigenvalue weighted by Gasteiger charge is -2.39. The Kier molecular flexibility index (Phi) is 4.22. The van der Waals surface area contributed by atoms with Gasteiger partial charge < -0.3 is 10.1 Å². The predicted molar refractivity (Wildman–Crippen MR) is 66.7 cm³/mol. The molecule has 1 unspecified atom stereocenters. The average molecular weight is 226 g/mol. The van der Waals surface area contributed by atoms with Crippen molar-refractivity contribution < 1.29 is 4.74 Å². The van der Waals surface area contributed by atoms with Crippen LogP contribution in [0.4, 0.5) is 0 Å². The SMILES string of the molecule is CC(CCNC1CC1)N1C[C@@H](C)O[C@@H](C)C1. The molecule has 0 radical (unpaired) electrons. The number of nitrogens with zero attached hydrogens (tertiary/aromatic N) is 1. The van der Waals surface area contributed by atoms with Crippen molar-refractivity contribution in [2.45, 2.75) is 64.3 Å². The molecule has 1 heterocycles. The molecule has 3 atom stereocenters. The minimum absolute atomic E-state index is 0.391. The van der Waals surface area contributed by atoms with Crippen LogP contribution >= 0.6 is 0 Å². The molecule has 2 fully saturated rings. The van der Waals surface area contributed by atoms with E-state index in [1.165, 1.54) is 25.8 Å². The summed E-state index contributed by atoms with van der Waals surface area (Å²) in [7, 11) is 0. The molecule has 0 aromatic rings. The second-order valence-electron chi connectivity index (χ2n) is 5.58. The zero-order valence-corrected chi connectivity index (χ0v) is 10.9. The van der Waals surface area contributed by atoms with Crippen molar-refractivity contribution in [2.24, 2.45) is 0 Å². The third-order valence-corrected chi connectivity index (χ3v) is 3.64. The van der Waals surface area contributed by atoms with E-state index in [0.717, 1.165) is 19.1 Å². The molecular formula is C13H26N2O. The molecule has 0 amide bonds. The van der Waals surface area contributed by atoms with Gasteiger partial charge in [0.1, 0.15) is 0 Å². The van der Waals surface area contributed by atoms with E-state index in [0.29, 0.717) is 18.2 Å². The number of hydrogen-bond donors (Lipinski definition) is 1. The van der Waals surface area contributed by atoms with Crippen molar-refractivity contribution in [1.82, 2.24) is 10.2 Å². The highest BCUT2D eigenvalue weighted by Gasteiger charge is 2.26. The summed E-state index contributed by atoms with van der Waals surface area (Å²) in [6, 6.07) is 1.52. The number of nitrogens with one attached hydrogen (secondary N) is 1. The summed E-state index contributed by atoms with van der Waals surface area (Å²) >= 11 is 0. The molecule has 1 saturated carbocycles. The van der Waals surface area contributed by atoms with E-state index in [2.05, 4.69) is 31.0 Å². The maximum Gasteiger partial charge on any atom is 0.0678 e. The second-order valence-corrected chi connectivity index (χ2v) is 5.58. The van der Waals surface area contributed by atoms with E-state index >= 15 is 0 Å². The van der Waals surface area contributed by atoms with Gasteiger partial charge in [0, 0.05) is 25.2 Å². The monoisotopic (exact) mass is 226 g/mol. The standard InChI is InChI=1S/C13H26N2O/c1-10(6-7-14-13-4-5-13)15-8-11(2)16-12(3)9-15/h10-14H,4-9H2,1-3H3/t10?,11-,12+. The number of morpholine rings is 1. The molecule has 0 aromatic heterocycles. The summed E-state index contributed by atoms with van der Waals surface area (Å²) in [6.07, 6.45) is 4.82. The lowest BCUT2D eigenvalue weighted by atomic mass is 10.1. The van der Waals surface area contributed by atoms with E-state index in [4.69, 9.17) is 4.74 Å². The minimum atomic E-state index is 0.391. The van der Waals surface area contributed by atoms with Gasteiger partial charge in [0.2, 0.25) is 0 Å². The van der Waals surface area contributed by atoms with Gasteiger partial charge in [0.15, 0.2) is 0 Å². The molecule has 3 heteroatoms. The van der Waals surface area contributed by atoms with Crippen molar-refractivity contribution in [2.75, 3.05) is 19.6 Å². The topological polar surface area (TPSA) is 24.5 Å². The van der Waals surface area contributed by atoms with Crippen molar-refractivity contribution in [3.8, 4) is 0 Å². The van der Waals surface area contributed by atoms with Gasteiger partial charge >= 0.3 is 0 Å². The van der Waals surface area contributed by atoms with Gasteiger partial charge in [-0.05, 0) is 46.6 Å². The minimum Gasteiger partial charge on any atom is -0.373 e. The van der Waals surface area contributed by atoms with Crippen molar-refractivity contribution in [1.29, 1.82) is 0 Å². The zero-order valence-electron chi connectivity index (χ0n) is 10.9. The first-order valence-corrected chi connectivity index (χ1v) is 6.78. The van der Waals surface area contributed by atoms with Crippen LogP contribution in [0.15, 0.2) is 0 Å². The fourth-order valence-corrected chi connectivity index (χ4v) is 2.54. The lowest BCUT2D eigenvalue weighted by Crippen LogP contribution is -2.49. The van der Waals surface area contributed by atoms with Crippen LogP contribution in [0, 0.1) is 0 Å². The average Bonchev–Trinajstić information content (AvgIpc) is 3.00. The van der Waals surface area contributed by atoms with E-state index in [9.17, 15) is 0 Å². The van der Waals surface area contributed by atoms with Crippen molar-refractivity contribution in [3.05, 3.63) is 0 Å². The van der Waals surface area contributed by atoms with E-state index in [-0.39, 0.29) is 0 Å². The number of hydrogen-bond acceptors (Lipinski definition) is 3. The van der Waals surface area contributed by atoms with Crippen LogP contribution in [0.3, 0.4) is 0 Å². The molecule has 1 saturated heterocycles. The summed E-state index contributed by atoms with van der Waals surface area (Å²) in [5.41, 5.74) is 0. The van der Waals surface area contributed by atoms with Gasteiger partial charge in [0.05, 0.1) is 12.2 Å². The van der Waals surface area contributed by atoms with Crippen molar-refractivity contribution >= 4 is 0 Å². The maximum atomic E-state index is 5.76. The van der Waals surface area contributed by atoms with Crippen molar-refractivity contribution in [3.63, 3.8) is 0 Å². The fraction of sp³-hybridized carbons (Fsp3) is 1.00. The molecule has 16 heavy (non-hydrogen) atoms. The Morgan fingerprint density at radius 2 is 1.88 bits per heavy atom. The van der Waals surface area contributed by atoms with Crippen LogP contribution in [0.1, 0.15) is 40.0 Å². The summed E-state index contributed by atoms with van der Waals surface area (Å²) in [6.45, 7) is 10.1. The molecule has 2 aliphatic rings. The van der Waals surface area contributed by atoms with Crippen LogP contribution in [0.25, 0.3) is 0 Å². The Morgan fingerprint density at radius 1 is 1.25 bits per heavy atom. The zero-order chi connectivity index (χ0) is 11.5. The molecule has 0 spiro atoms. The van der Waals surface area contributed by atoms with Gasteiger partial charge in [0.25, 0.3) is 0 Å². The molecule has 2 rings (SSSR count). The largest absolute Gasteiger partial charge is 0.373 e. The fourth-order valence-electron chi connectivity index (χ4n) is 2.54. The Labute approximate surface area is 99.5 Å². The molecule has 1 aliphatic heterocycles. The molecule has 94 valence electrons. The molecule has 1 aliphatic carbocycles. The highest BCUT2D eigenvalue weighted by atomic mass is 16.5. The van der Waals surface area contributed by atoms with Gasteiger partial charge in [-0.15, -0.1) is 0 Å². The highest BCUT2D eigenvalue weighted by Crippen LogP contribution is 2.19. The first kappa shape index (κ1) is 12.3. The summed E-state index contributed by atoms with van der Waals surface area (Å²) in [4.78, 5) is 2.58. The maximum absolute atomic E-state index is 5.76. The summed E-state index contributed by atoms with van der Waals surface area (Å²) in [5, 5.41) is 3.59. The first-order valence-electron chi connectivity index (χ1n) is 6.78. The Bertz CT molecular complexity index is 208. The van der Waals surface area contributed by atoms with Gasteiger partial charge in [-0.25, -0.2) is 0 Å². The molecule has 0 bridgehead atoms. The third kappa shape index (κ3) is 3.72. The normalized spacial score (nSPS) is 33.9. The van der Waals surface area contributed by atoms with Crippen LogP contribution in [-0.2, 0) is 4.74 Å². The predicted octanol–water partition coefficient (Wildman–Crippen LogP) is 1.63. The smallest absolute Gasteiger partial charge is 0.0678 e. The lowest BCUT2D eigenvalue weighted by molar-refractivity contribution is -0.0790. The van der Waals surface area contributed by atoms with Crippen LogP contribution < -0.4 is 5.32 Å². The van der Waals surface area contributed by atoms with E-state index in [1.54, 1.807) is 0 Å². The summed E-state index contributed by atoms with van der Waals surface area (Å²) in [5.74, 6) is 0. The van der Waals surface area contributed by atoms with E-state index in [1.807, 2.05) is 0 Å². The number of rotatable bonds is 5. The second kappa shape index (κ2) is 5.48. The van der Waals surface area contributed by atoms with E-state index < -0.39 is 0 Å². The van der Waals surface area contributed by atoms with Gasteiger partial charge in [-0.3, -0.25) is 4.90 Å². The van der Waals surface area contributed by atoms with Crippen LogP contribution in [-0.4, -0.2) is 48.8 Å². The molecular weight excluding hydrogens is 200 g/mol. The first-order chi connectivity index (χ1) is 7.65. The van der Waals surface area contributed by atoms with Crippen LogP contribution in [0.2, 0.25) is 0 Å². The van der Waals surface area contributed by atoms with Gasteiger partial charge in [-0.1, -0.05) is 0 Å². The number of ether oxygens (including phenoxy) is 1. The van der Waals surface area contributed by atoms with Crippen LogP contribution in [0.5, 0.6) is 0 Å². The van der Waals surface area contributed by atoms with Gasteiger partial charge in [-0.2, -0.15) is 0 Å². The Balaban J connectivity index is 1.67. The molecule has 1 N–H and O–H groups in total. The summed E-state index contributed by atoms with van der Waals surface area (Å²) < 4.78 is 5.76. The molecule has 3 nitrogen and oxygen atoms in total. The third-order valence-electron chi connectivity index (χ3n) is 3.64. The Hall–Kier alpha value is -0.120. The highest BCUT2D eigenvalue weighted by molar-refractivity contribution is 4.82. The molecule has 0 aromatic carbocycles. The quantitative estimate of drug-likeness (QED) is 0.771.